The molecule has 0 spiro atoms. The first kappa shape index (κ1) is 16.9. The molecule has 4 heteroatoms. The number of hydrogen-bond acceptors (Lipinski definition) is 2. The lowest BCUT2D eigenvalue weighted by Crippen LogP contribution is -2.52. The van der Waals surface area contributed by atoms with E-state index < -0.39 is 5.41 Å². The zero-order valence-corrected chi connectivity index (χ0v) is 13.8. The summed E-state index contributed by atoms with van der Waals surface area (Å²) < 4.78 is 18.7. The van der Waals surface area contributed by atoms with Crippen molar-refractivity contribution in [1.29, 1.82) is 0 Å². The van der Waals surface area contributed by atoms with Crippen molar-refractivity contribution >= 4 is 5.91 Å². The molecule has 1 aromatic carbocycles. The zero-order chi connectivity index (χ0) is 16.2. The average molecular weight is 307 g/mol. The number of nitrogens with zero attached hydrogens (tertiary/aromatic N) is 1. The highest BCUT2D eigenvalue weighted by molar-refractivity contribution is 5.89. The maximum Gasteiger partial charge on any atom is 0.233 e. The summed E-state index contributed by atoms with van der Waals surface area (Å²) in [5, 5.41) is 0. The van der Waals surface area contributed by atoms with E-state index in [2.05, 4.69) is 13.8 Å². The largest absolute Gasteiger partial charge is 0.383 e. The summed E-state index contributed by atoms with van der Waals surface area (Å²) in [6.45, 7) is 6.02. The second kappa shape index (κ2) is 7.23. The molecule has 0 aromatic heterocycles. The first-order chi connectivity index (χ1) is 10.5. The van der Waals surface area contributed by atoms with Crippen LogP contribution in [-0.2, 0) is 14.9 Å². The first-order valence-electron chi connectivity index (χ1n) is 8.04. The minimum Gasteiger partial charge on any atom is -0.383 e. The van der Waals surface area contributed by atoms with Crippen LogP contribution in [-0.4, -0.2) is 37.6 Å². The van der Waals surface area contributed by atoms with Crippen LogP contribution < -0.4 is 0 Å². The monoisotopic (exact) mass is 307 g/mol. The molecule has 0 bridgehead atoms. The third-order valence-electron chi connectivity index (χ3n) is 4.43. The summed E-state index contributed by atoms with van der Waals surface area (Å²) in [4.78, 5) is 15.0. The maximum absolute atomic E-state index is 13.6. The molecule has 2 rings (SSSR count). The minimum absolute atomic E-state index is 0.120. The van der Waals surface area contributed by atoms with E-state index in [9.17, 15) is 9.18 Å². The Morgan fingerprint density at radius 2 is 2.14 bits per heavy atom. The summed E-state index contributed by atoms with van der Waals surface area (Å²) in [7, 11) is 1.64. The molecule has 1 fully saturated rings. The molecular weight excluding hydrogens is 281 g/mol. The molecule has 0 unspecified atom stereocenters. The van der Waals surface area contributed by atoms with Gasteiger partial charge in [0.2, 0.25) is 5.91 Å². The van der Waals surface area contributed by atoms with E-state index >= 15 is 0 Å². The van der Waals surface area contributed by atoms with E-state index in [-0.39, 0.29) is 11.7 Å². The zero-order valence-electron chi connectivity index (χ0n) is 13.8. The second-order valence-electron chi connectivity index (χ2n) is 6.58. The van der Waals surface area contributed by atoms with Gasteiger partial charge in [0.1, 0.15) is 5.82 Å². The lowest BCUT2D eigenvalue weighted by Gasteiger charge is -2.44. The fourth-order valence-electron chi connectivity index (χ4n) is 3.16. The van der Waals surface area contributed by atoms with E-state index in [1.165, 1.54) is 12.1 Å². The smallest absolute Gasteiger partial charge is 0.233 e. The van der Waals surface area contributed by atoms with Crippen molar-refractivity contribution in [3.8, 4) is 0 Å². The van der Waals surface area contributed by atoms with Crippen LogP contribution >= 0.6 is 0 Å². The van der Waals surface area contributed by atoms with E-state index in [0.29, 0.717) is 25.6 Å². The Balaban J connectivity index is 2.25. The number of rotatable bonds is 7. The van der Waals surface area contributed by atoms with Crippen LogP contribution in [0, 0.1) is 11.7 Å². The molecule has 0 atom stereocenters. The number of benzene rings is 1. The normalized spacial score (nSPS) is 16.4. The van der Waals surface area contributed by atoms with Crippen molar-refractivity contribution in [2.24, 2.45) is 5.92 Å². The van der Waals surface area contributed by atoms with Gasteiger partial charge in [-0.25, -0.2) is 4.39 Å². The average Bonchev–Trinajstić information content (AvgIpc) is 2.42. The predicted molar refractivity (Wildman–Crippen MR) is 85.2 cm³/mol. The van der Waals surface area contributed by atoms with Crippen LogP contribution in [0.5, 0.6) is 0 Å². The minimum atomic E-state index is -0.537. The molecule has 122 valence electrons. The Kier molecular flexibility index (Phi) is 5.57. The second-order valence-corrected chi connectivity index (χ2v) is 6.58. The quantitative estimate of drug-likeness (QED) is 0.773. The molecule has 1 aliphatic carbocycles. The fourth-order valence-corrected chi connectivity index (χ4v) is 3.16. The van der Waals surface area contributed by atoms with Crippen LogP contribution in [0.25, 0.3) is 0 Å². The van der Waals surface area contributed by atoms with Gasteiger partial charge < -0.3 is 9.64 Å². The standard InChI is InChI=1S/C18H26FNO2/c1-14(2)13-20(10-11-22-3)17(21)18(8-5-9-18)15-6-4-7-16(19)12-15/h4,6-7,12,14H,5,8-11,13H2,1-3H3. The number of carbonyl (C=O) groups is 1. The molecule has 0 N–H and O–H groups in total. The van der Waals surface area contributed by atoms with Crippen molar-refractivity contribution in [2.45, 2.75) is 38.5 Å². The highest BCUT2D eigenvalue weighted by atomic mass is 19.1. The van der Waals surface area contributed by atoms with Crippen molar-refractivity contribution in [2.75, 3.05) is 26.8 Å². The Morgan fingerprint density at radius 3 is 2.64 bits per heavy atom. The number of amides is 1. The Labute approximate surface area is 132 Å². The van der Waals surface area contributed by atoms with Gasteiger partial charge in [-0.15, -0.1) is 0 Å². The number of halogens is 1. The van der Waals surface area contributed by atoms with Gasteiger partial charge in [-0.2, -0.15) is 0 Å². The molecule has 1 aliphatic rings. The Hall–Kier alpha value is -1.42. The molecular formula is C18H26FNO2. The number of methoxy groups -OCH3 is 1. The van der Waals surface area contributed by atoms with Gasteiger partial charge >= 0.3 is 0 Å². The molecule has 1 aromatic rings. The van der Waals surface area contributed by atoms with Gasteiger partial charge in [-0.3, -0.25) is 4.79 Å². The molecule has 0 aliphatic heterocycles. The van der Waals surface area contributed by atoms with Gasteiger partial charge in [0, 0.05) is 20.2 Å². The van der Waals surface area contributed by atoms with Crippen LogP contribution in [0.1, 0.15) is 38.7 Å². The van der Waals surface area contributed by atoms with Gasteiger partial charge in [-0.05, 0) is 36.5 Å². The van der Waals surface area contributed by atoms with Crippen molar-refractivity contribution < 1.29 is 13.9 Å². The van der Waals surface area contributed by atoms with Gasteiger partial charge in [0.05, 0.1) is 12.0 Å². The van der Waals surface area contributed by atoms with Crippen LogP contribution in [0.3, 0.4) is 0 Å². The van der Waals surface area contributed by atoms with Gasteiger partial charge in [-0.1, -0.05) is 32.4 Å². The molecule has 1 saturated carbocycles. The topological polar surface area (TPSA) is 29.5 Å². The van der Waals surface area contributed by atoms with Crippen LogP contribution in [0.2, 0.25) is 0 Å². The van der Waals surface area contributed by atoms with Gasteiger partial charge in [0.25, 0.3) is 0 Å². The van der Waals surface area contributed by atoms with E-state index in [1.807, 2.05) is 11.0 Å². The molecule has 1 amide bonds. The number of hydrogen-bond donors (Lipinski definition) is 0. The molecule has 22 heavy (non-hydrogen) atoms. The predicted octanol–water partition coefficient (Wildman–Crippen LogP) is 3.38. The lowest BCUT2D eigenvalue weighted by atomic mass is 9.63. The van der Waals surface area contributed by atoms with Crippen molar-refractivity contribution in [1.82, 2.24) is 4.90 Å². The van der Waals surface area contributed by atoms with E-state index in [0.717, 1.165) is 24.8 Å². The Morgan fingerprint density at radius 1 is 1.41 bits per heavy atom. The molecule has 0 radical (unpaired) electrons. The first-order valence-corrected chi connectivity index (χ1v) is 8.04. The number of carbonyl (C=O) groups excluding carboxylic acids is 1. The summed E-state index contributed by atoms with van der Waals surface area (Å²) in [6, 6.07) is 6.52. The molecule has 0 heterocycles. The molecule has 0 saturated heterocycles. The summed E-state index contributed by atoms with van der Waals surface area (Å²) in [6.07, 6.45) is 2.62. The Bertz CT molecular complexity index is 512. The van der Waals surface area contributed by atoms with E-state index in [1.54, 1.807) is 13.2 Å². The van der Waals surface area contributed by atoms with Crippen LogP contribution in [0.4, 0.5) is 4.39 Å². The summed E-state index contributed by atoms with van der Waals surface area (Å²) >= 11 is 0. The summed E-state index contributed by atoms with van der Waals surface area (Å²) in [5.41, 5.74) is 0.278. The van der Waals surface area contributed by atoms with Crippen molar-refractivity contribution in [3.05, 3.63) is 35.6 Å². The lowest BCUT2D eigenvalue weighted by molar-refractivity contribution is -0.142. The van der Waals surface area contributed by atoms with Crippen LogP contribution in [0.15, 0.2) is 24.3 Å². The fraction of sp³-hybridized carbons (Fsp3) is 0.611. The van der Waals surface area contributed by atoms with Gasteiger partial charge in [0.15, 0.2) is 0 Å². The van der Waals surface area contributed by atoms with E-state index in [4.69, 9.17) is 4.74 Å². The number of ether oxygens (including phenoxy) is 1. The third-order valence-corrected chi connectivity index (χ3v) is 4.43. The maximum atomic E-state index is 13.6. The highest BCUT2D eigenvalue weighted by Gasteiger charge is 2.47. The SMILES string of the molecule is COCCN(CC(C)C)C(=O)C1(c2cccc(F)c2)CCC1. The summed E-state index contributed by atoms with van der Waals surface area (Å²) in [5.74, 6) is 0.240. The van der Waals surface area contributed by atoms with Crippen molar-refractivity contribution in [3.63, 3.8) is 0 Å². The highest BCUT2D eigenvalue weighted by Crippen LogP contribution is 2.45. The molecule has 3 nitrogen and oxygen atoms in total. The third kappa shape index (κ3) is 3.49.